The molecule has 0 saturated heterocycles. The highest BCUT2D eigenvalue weighted by atomic mass is 19.4. The van der Waals surface area contributed by atoms with Crippen LogP contribution in [0.5, 0.6) is 0 Å². The third-order valence-corrected chi connectivity index (χ3v) is 5.71. The number of aromatic nitrogens is 2. The summed E-state index contributed by atoms with van der Waals surface area (Å²) in [6.45, 7) is 2.23. The lowest BCUT2D eigenvalue weighted by molar-refractivity contribution is -0.138. The van der Waals surface area contributed by atoms with Gasteiger partial charge < -0.3 is 9.47 Å². The monoisotopic (exact) mass is 519 g/mol. The molecular weight excluding hydrogens is 495 g/mol. The van der Waals surface area contributed by atoms with Crippen molar-refractivity contribution in [3.05, 3.63) is 91.8 Å². The van der Waals surface area contributed by atoms with E-state index in [1.807, 2.05) is 0 Å². The molecule has 1 amide bonds. The zero-order chi connectivity index (χ0) is 27.5. The average Bonchev–Trinajstić information content (AvgIpc) is 2.86. The van der Waals surface area contributed by atoms with E-state index in [4.69, 9.17) is 4.74 Å². The molecule has 0 radical (unpaired) electrons. The lowest BCUT2D eigenvalue weighted by Crippen LogP contribution is -2.42. The van der Waals surface area contributed by atoms with Crippen molar-refractivity contribution in [3.8, 4) is 5.69 Å². The number of esters is 1. The summed E-state index contributed by atoms with van der Waals surface area (Å²) in [6, 6.07) is 9.41. The van der Waals surface area contributed by atoms with Gasteiger partial charge in [-0.25, -0.2) is 14.4 Å². The van der Waals surface area contributed by atoms with Gasteiger partial charge in [0.15, 0.2) is 0 Å². The summed E-state index contributed by atoms with van der Waals surface area (Å²) in [5, 5.41) is 0. The third-order valence-electron chi connectivity index (χ3n) is 5.71. The second kappa shape index (κ2) is 10.7. The van der Waals surface area contributed by atoms with Crippen LogP contribution in [0, 0.1) is 6.92 Å². The van der Waals surface area contributed by atoms with Crippen molar-refractivity contribution in [3.63, 3.8) is 0 Å². The number of alkyl halides is 3. The highest BCUT2D eigenvalue weighted by molar-refractivity contribution is 5.89. The minimum Gasteiger partial charge on any atom is -0.462 e. The van der Waals surface area contributed by atoms with Gasteiger partial charge in [0.25, 0.3) is 5.56 Å². The van der Waals surface area contributed by atoms with Crippen molar-refractivity contribution in [1.82, 2.24) is 9.13 Å². The standard InChI is InChI=1S/C25H24F3N3O6/c1-5-37-22(33)19-14-30(18-11-9-17(10-12-18)29(3)24(35)36-4)23(34)31(21(19)32)13-16-7-6-8-20(15(16)2)25(26,27)28/h6-12,14H,5,13H2,1-4H3. The fraction of sp³-hybridized carbons (Fsp3) is 0.280. The van der Waals surface area contributed by atoms with E-state index in [0.29, 0.717) is 10.3 Å². The largest absolute Gasteiger partial charge is 0.462 e. The van der Waals surface area contributed by atoms with Gasteiger partial charge in [-0.2, -0.15) is 13.2 Å². The van der Waals surface area contributed by atoms with Crippen molar-refractivity contribution in [2.24, 2.45) is 0 Å². The van der Waals surface area contributed by atoms with Crippen molar-refractivity contribution in [2.45, 2.75) is 26.6 Å². The van der Waals surface area contributed by atoms with Gasteiger partial charge in [-0.1, -0.05) is 12.1 Å². The Morgan fingerprint density at radius 3 is 2.27 bits per heavy atom. The lowest BCUT2D eigenvalue weighted by Gasteiger charge is -2.18. The molecule has 0 spiro atoms. The van der Waals surface area contributed by atoms with Crippen LogP contribution in [0.4, 0.5) is 23.7 Å². The van der Waals surface area contributed by atoms with E-state index < -0.39 is 47.2 Å². The Balaban J connectivity index is 2.18. The van der Waals surface area contributed by atoms with Crippen molar-refractivity contribution < 1.29 is 32.2 Å². The number of hydrogen-bond acceptors (Lipinski definition) is 6. The van der Waals surface area contributed by atoms with Gasteiger partial charge in [0, 0.05) is 18.9 Å². The zero-order valence-electron chi connectivity index (χ0n) is 20.5. The van der Waals surface area contributed by atoms with Crippen molar-refractivity contribution >= 4 is 17.7 Å². The molecule has 196 valence electrons. The summed E-state index contributed by atoms with van der Waals surface area (Å²) in [4.78, 5) is 52.0. The number of methoxy groups -OCH3 is 1. The second-order valence-corrected chi connectivity index (χ2v) is 7.94. The molecule has 0 bridgehead atoms. The number of amides is 1. The summed E-state index contributed by atoms with van der Waals surface area (Å²) >= 11 is 0. The number of nitrogens with zero attached hydrogens (tertiary/aromatic N) is 3. The Hall–Kier alpha value is -4.35. The molecule has 0 N–H and O–H groups in total. The summed E-state index contributed by atoms with van der Waals surface area (Å²) in [5.74, 6) is -0.988. The minimum absolute atomic E-state index is 0.0430. The first kappa shape index (κ1) is 27.2. The highest BCUT2D eigenvalue weighted by Crippen LogP contribution is 2.33. The van der Waals surface area contributed by atoms with Crippen LogP contribution in [-0.4, -0.2) is 42.0 Å². The van der Waals surface area contributed by atoms with E-state index in [-0.39, 0.29) is 23.4 Å². The molecule has 0 aliphatic heterocycles. The molecular formula is C25H24F3N3O6. The molecule has 12 heteroatoms. The summed E-state index contributed by atoms with van der Waals surface area (Å²) in [7, 11) is 2.70. The Morgan fingerprint density at radius 2 is 1.70 bits per heavy atom. The van der Waals surface area contributed by atoms with Crippen molar-refractivity contribution in [2.75, 3.05) is 25.7 Å². The first-order valence-corrected chi connectivity index (χ1v) is 11.0. The summed E-state index contributed by atoms with van der Waals surface area (Å²) < 4.78 is 51.5. The van der Waals surface area contributed by atoms with E-state index in [1.165, 1.54) is 69.3 Å². The molecule has 0 aliphatic rings. The quantitative estimate of drug-likeness (QED) is 0.460. The molecule has 9 nitrogen and oxygen atoms in total. The van der Waals surface area contributed by atoms with Crippen LogP contribution in [-0.2, 0) is 22.2 Å². The first-order chi connectivity index (χ1) is 17.4. The van der Waals surface area contributed by atoms with E-state index in [9.17, 15) is 32.3 Å². The zero-order valence-corrected chi connectivity index (χ0v) is 20.5. The number of ether oxygens (including phenoxy) is 2. The topological polar surface area (TPSA) is 99.8 Å². The smallest absolute Gasteiger partial charge is 0.416 e. The number of anilines is 1. The Labute approximate surface area is 209 Å². The van der Waals surface area contributed by atoms with Crippen LogP contribution in [0.25, 0.3) is 5.69 Å². The number of hydrogen-bond donors (Lipinski definition) is 0. The van der Waals surface area contributed by atoms with E-state index in [0.717, 1.165) is 16.8 Å². The molecule has 0 saturated carbocycles. The molecule has 0 fully saturated rings. The lowest BCUT2D eigenvalue weighted by atomic mass is 10.0. The molecule has 1 heterocycles. The van der Waals surface area contributed by atoms with E-state index in [2.05, 4.69) is 4.74 Å². The van der Waals surface area contributed by atoms with Crippen LogP contribution < -0.4 is 16.1 Å². The van der Waals surface area contributed by atoms with Gasteiger partial charge in [0.05, 0.1) is 31.5 Å². The molecule has 37 heavy (non-hydrogen) atoms. The number of rotatable bonds is 6. The second-order valence-electron chi connectivity index (χ2n) is 7.94. The van der Waals surface area contributed by atoms with Crippen LogP contribution in [0.15, 0.2) is 58.3 Å². The predicted molar refractivity (Wildman–Crippen MR) is 128 cm³/mol. The maximum atomic E-state index is 13.4. The number of benzene rings is 2. The van der Waals surface area contributed by atoms with Crippen LogP contribution in [0.2, 0.25) is 0 Å². The molecule has 1 aromatic heterocycles. The maximum Gasteiger partial charge on any atom is 0.416 e. The van der Waals surface area contributed by atoms with E-state index in [1.54, 1.807) is 0 Å². The van der Waals surface area contributed by atoms with Gasteiger partial charge in [0.2, 0.25) is 0 Å². The fourth-order valence-electron chi connectivity index (χ4n) is 3.69. The van der Waals surface area contributed by atoms with Gasteiger partial charge in [0.1, 0.15) is 5.56 Å². The fourth-order valence-corrected chi connectivity index (χ4v) is 3.69. The first-order valence-electron chi connectivity index (χ1n) is 11.0. The highest BCUT2D eigenvalue weighted by Gasteiger charge is 2.33. The average molecular weight is 519 g/mol. The molecule has 0 unspecified atom stereocenters. The number of carbonyl (C=O) groups excluding carboxylic acids is 2. The van der Waals surface area contributed by atoms with Crippen molar-refractivity contribution in [1.29, 1.82) is 0 Å². The maximum absolute atomic E-state index is 13.4. The molecule has 3 rings (SSSR count). The molecule has 0 aliphatic carbocycles. The number of carbonyl (C=O) groups is 2. The van der Waals surface area contributed by atoms with Gasteiger partial charge >= 0.3 is 23.9 Å². The molecule has 0 atom stereocenters. The Kier molecular flexibility index (Phi) is 7.90. The predicted octanol–water partition coefficient (Wildman–Crippen LogP) is 3.75. The van der Waals surface area contributed by atoms with Crippen LogP contribution in [0.1, 0.15) is 34.0 Å². The number of halogens is 3. The van der Waals surface area contributed by atoms with Crippen LogP contribution in [0.3, 0.4) is 0 Å². The molecule has 3 aromatic rings. The Morgan fingerprint density at radius 1 is 1.05 bits per heavy atom. The SMILES string of the molecule is CCOC(=O)c1cn(-c2ccc(N(C)C(=O)OC)cc2)c(=O)n(Cc2cccc(C(F)(F)F)c2C)c1=O. The van der Waals surface area contributed by atoms with Gasteiger partial charge in [-0.15, -0.1) is 0 Å². The van der Waals surface area contributed by atoms with Crippen LogP contribution >= 0.6 is 0 Å². The Bertz CT molecular complexity index is 1440. The van der Waals surface area contributed by atoms with Gasteiger partial charge in [-0.05, 0) is 55.3 Å². The minimum atomic E-state index is -4.63. The van der Waals surface area contributed by atoms with E-state index >= 15 is 0 Å². The van der Waals surface area contributed by atoms with Gasteiger partial charge in [-0.3, -0.25) is 18.8 Å². The summed E-state index contributed by atoms with van der Waals surface area (Å²) in [5.41, 5.74) is -2.66. The normalized spacial score (nSPS) is 11.2. The molecule has 2 aromatic carbocycles. The summed E-state index contributed by atoms with van der Waals surface area (Å²) in [6.07, 6.45) is -4.23. The third kappa shape index (κ3) is 5.57.